The van der Waals surface area contributed by atoms with E-state index in [1.165, 1.54) is 6.08 Å². The van der Waals surface area contributed by atoms with Crippen molar-refractivity contribution in [3.05, 3.63) is 100 Å². The fourth-order valence-electron chi connectivity index (χ4n) is 6.12. The summed E-state index contributed by atoms with van der Waals surface area (Å²) in [4.78, 5) is 22.0. The molecule has 1 saturated heterocycles. The number of nitrogens with zero attached hydrogens (tertiary/aromatic N) is 6. The number of likely N-dealkylation sites (N-methyl/N-ethyl adjacent to an activating group) is 1. The number of aromatic nitrogens is 4. The molecule has 4 heterocycles. The van der Waals surface area contributed by atoms with E-state index in [1.807, 2.05) is 56.0 Å². The van der Waals surface area contributed by atoms with Crippen molar-refractivity contribution in [1.29, 1.82) is 0 Å². The highest BCUT2D eigenvalue weighted by atomic mass is 19.4. The molecule has 1 aliphatic carbocycles. The Hall–Kier alpha value is -4.86. The second-order valence-electron chi connectivity index (χ2n) is 12.6. The molecular weight excluding hydrogens is 617 g/mol. The van der Waals surface area contributed by atoms with Gasteiger partial charge in [0.2, 0.25) is 0 Å². The molecule has 1 aliphatic heterocycles. The van der Waals surface area contributed by atoms with Gasteiger partial charge in [-0.15, -0.1) is 0 Å². The second-order valence-corrected chi connectivity index (χ2v) is 12.6. The van der Waals surface area contributed by atoms with Crippen molar-refractivity contribution < 1.29 is 18.0 Å². The highest BCUT2D eigenvalue weighted by molar-refractivity contribution is 5.94. The standard InChI is InChI=1S/C36H39F3N8O/c1-24-7-9-28(17-27(24)11-12-31-20-40-34-33(6-5-13-47(31)34)43-30-19-42-45(4)23-30)35(48)41-18-26-8-10-29(32(16-26)36(37,38)39)22-46-15-14-44(3)25(2)21-46/h5-7,9,13,16-17,19-20,23,25,43H,8,10,14-15,18,21-22H2,1-4H3,(H,41,48)/t25-/m0/s1. The molecule has 0 spiro atoms. The topological polar surface area (TPSA) is 82.7 Å². The van der Waals surface area contributed by atoms with Crippen molar-refractivity contribution in [3.63, 3.8) is 0 Å². The summed E-state index contributed by atoms with van der Waals surface area (Å²) in [7, 11) is 3.89. The lowest BCUT2D eigenvalue weighted by Crippen LogP contribution is -2.50. The smallest absolute Gasteiger partial charge is 0.350 e. The van der Waals surface area contributed by atoms with Crippen LogP contribution < -0.4 is 10.6 Å². The van der Waals surface area contributed by atoms with Crippen LogP contribution in [0.3, 0.4) is 0 Å². The Morgan fingerprint density at radius 3 is 2.69 bits per heavy atom. The Bertz CT molecular complexity index is 1960. The predicted molar refractivity (Wildman–Crippen MR) is 180 cm³/mol. The molecule has 9 nitrogen and oxygen atoms in total. The van der Waals surface area contributed by atoms with Gasteiger partial charge < -0.3 is 15.5 Å². The van der Waals surface area contributed by atoms with Gasteiger partial charge in [0.05, 0.1) is 29.3 Å². The van der Waals surface area contributed by atoms with Crippen molar-refractivity contribution in [2.24, 2.45) is 7.05 Å². The number of anilines is 2. The van der Waals surface area contributed by atoms with Gasteiger partial charge in [-0.25, -0.2) is 4.98 Å². The minimum absolute atomic E-state index is 0.0450. The van der Waals surface area contributed by atoms with Crippen LogP contribution in [0.15, 0.2) is 77.9 Å². The number of amides is 1. The lowest BCUT2D eigenvalue weighted by Gasteiger charge is -2.38. The summed E-state index contributed by atoms with van der Waals surface area (Å²) >= 11 is 0. The summed E-state index contributed by atoms with van der Waals surface area (Å²) in [6, 6.07) is 9.36. The van der Waals surface area contributed by atoms with Crippen LogP contribution in [0.5, 0.6) is 0 Å². The monoisotopic (exact) mass is 656 g/mol. The number of imidazole rings is 1. The lowest BCUT2D eigenvalue weighted by molar-refractivity contribution is -0.0898. The molecule has 0 bridgehead atoms. The van der Waals surface area contributed by atoms with Crippen molar-refractivity contribution in [2.75, 3.05) is 45.1 Å². The van der Waals surface area contributed by atoms with Gasteiger partial charge in [-0.1, -0.05) is 17.6 Å². The van der Waals surface area contributed by atoms with Gasteiger partial charge in [0.25, 0.3) is 5.91 Å². The molecule has 1 amide bonds. The molecule has 1 aromatic carbocycles. The molecule has 250 valence electrons. The number of aryl methyl sites for hydroxylation is 2. The Kier molecular flexibility index (Phi) is 9.44. The van der Waals surface area contributed by atoms with E-state index < -0.39 is 11.7 Å². The number of allylic oxidation sites excluding steroid dienone is 2. The molecule has 0 saturated carbocycles. The molecular formula is C36H39F3N8O. The molecule has 2 N–H and O–H groups in total. The first-order valence-corrected chi connectivity index (χ1v) is 16.0. The Balaban J connectivity index is 1.14. The zero-order valence-electron chi connectivity index (χ0n) is 27.5. The van der Waals surface area contributed by atoms with Gasteiger partial charge in [-0.3, -0.25) is 18.8 Å². The molecule has 2 aliphatic rings. The zero-order valence-corrected chi connectivity index (χ0v) is 27.5. The van der Waals surface area contributed by atoms with E-state index in [9.17, 15) is 18.0 Å². The summed E-state index contributed by atoms with van der Waals surface area (Å²) in [5, 5.41) is 10.3. The molecule has 48 heavy (non-hydrogen) atoms. The number of halogens is 3. The van der Waals surface area contributed by atoms with Crippen LogP contribution in [0.1, 0.15) is 46.9 Å². The summed E-state index contributed by atoms with van der Waals surface area (Å²) in [6.45, 7) is 6.69. The molecule has 6 rings (SSSR count). The van der Waals surface area contributed by atoms with Gasteiger partial charge in [-0.05, 0) is 81.1 Å². The third kappa shape index (κ3) is 7.48. The van der Waals surface area contributed by atoms with Crippen molar-refractivity contribution >= 4 is 22.9 Å². The Labute approximate surface area is 278 Å². The van der Waals surface area contributed by atoms with E-state index in [-0.39, 0.29) is 12.5 Å². The van der Waals surface area contributed by atoms with Crippen molar-refractivity contribution in [1.82, 2.24) is 34.3 Å². The summed E-state index contributed by atoms with van der Waals surface area (Å²) < 4.78 is 46.0. The van der Waals surface area contributed by atoms with E-state index in [4.69, 9.17) is 0 Å². The van der Waals surface area contributed by atoms with E-state index in [0.29, 0.717) is 59.0 Å². The average molecular weight is 657 g/mol. The third-order valence-corrected chi connectivity index (χ3v) is 9.06. The molecule has 1 atom stereocenters. The largest absolute Gasteiger partial charge is 0.416 e. The first kappa shape index (κ1) is 33.1. The van der Waals surface area contributed by atoms with Crippen LogP contribution >= 0.6 is 0 Å². The van der Waals surface area contributed by atoms with Crippen LogP contribution in [0.25, 0.3) is 5.65 Å². The quantitative estimate of drug-likeness (QED) is 0.257. The number of hydrogen-bond donors (Lipinski definition) is 2. The first-order valence-electron chi connectivity index (χ1n) is 16.0. The Morgan fingerprint density at radius 2 is 1.94 bits per heavy atom. The van der Waals surface area contributed by atoms with Gasteiger partial charge >= 0.3 is 6.18 Å². The normalized spacial score (nSPS) is 17.6. The third-order valence-electron chi connectivity index (χ3n) is 9.06. The number of rotatable bonds is 7. The number of hydrogen-bond acceptors (Lipinski definition) is 6. The predicted octanol–water partition coefficient (Wildman–Crippen LogP) is 5.46. The van der Waals surface area contributed by atoms with Gasteiger partial charge in [0.15, 0.2) is 5.65 Å². The van der Waals surface area contributed by atoms with Crippen LogP contribution in [0.4, 0.5) is 24.5 Å². The molecule has 4 aromatic rings. The minimum Gasteiger partial charge on any atom is -0.350 e. The number of carbonyl (C=O) groups excluding carboxylic acids is 1. The molecule has 0 unspecified atom stereocenters. The average Bonchev–Trinajstić information content (AvgIpc) is 3.67. The SMILES string of the molecule is Cc1ccc(C(=O)NCC2=CC(C(F)(F)F)=C(CN3CCN(C)[C@@H](C)C3)CC2)cc1C#Cc1cnc2c(Nc3cnn(C)c3)cccn12. The number of piperazine rings is 1. The number of benzene rings is 1. The summed E-state index contributed by atoms with van der Waals surface area (Å²) in [5.74, 6) is 5.98. The van der Waals surface area contributed by atoms with E-state index in [1.54, 1.807) is 29.2 Å². The number of pyridine rings is 1. The van der Waals surface area contributed by atoms with Crippen molar-refractivity contribution in [3.8, 4) is 11.8 Å². The van der Waals surface area contributed by atoms with Crippen LogP contribution in [0.2, 0.25) is 0 Å². The lowest BCUT2D eigenvalue weighted by atomic mass is 9.91. The van der Waals surface area contributed by atoms with Crippen LogP contribution in [0, 0.1) is 18.8 Å². The van der Waals surface area contributed by atoms with E-state index in [0.717, 1.165) is 36.6 Å². The van der Waals surface area contributed by atoms with E-state index >= 15 is 0 Å². The maximum Gasteiger partial charge on any atom is 0.416 e. The first-order chi connectivity index (χ1) is 22.9. The number of nitrogens with one attached hydrogen (secondary N) is 2. The Morgan fingerprint density at radius 1 is 1.10 bits per heavy atom. The number of carbonyl (C=O) groups is 1. The minimum atomic E-state index is -4.45. The van der Waals surface area contributed by atoms with Gasteiger partial charge in [0, 0.05) is 69.3 Å². The molecule has 3 aromatic heterocycles. The fraction of sp³-hybridized carbons (Fsp3) is 0.361. The molecule has 1 fully saturated rings. The highest BCUT2D eigenvalue weighted by Gasteiger charge is 2.37. The highest BCUT2D eigenvalue weighted by Crippen LogP contribution is 2.36. The van der Waals surface area contributed by atoms with Gasteiger partial charge in [0.1, 0.15) is 5.69 Å². The maximum absolute atomic E-state index is 14.1. The number of fused-ring (bicyclic) bond motifs is 1. The molecule has 12 heteroatoms. The summed E-state index contributed by atoms with van der Waals surface area (Å²) in [5.41, 5.74) is 5.37. The van der Waals surface area contributed by atoms with Crippen LogP contribution in [-0.4, -0.2) is 86.9 Å². The maximum atomic E-state index is 14.1. The van der Waals surface area contributed by atoms with Crippen LogP contribution in [-0.2, 0) is 7.05 Å². The summed E-state index contributed by atoms with van der Waals surface area (Å²) in [6.07, 6.45) is 4.76. The van der Waals surface area contributed by atoms with Crippen molar-refractivity contribution in [2.45, 2.75) is 38.9 Å². The second kappa shape index (κ2) is 13.7. The fourth-order valence-corrected chi connectivity index (χ4v) is 6.12. The van der Waals surface area contributed by atoms with E-state index in [2.05, 4.69) is 49.3 Å². The molecule has 0 radical (unpaired) electrons. The number of alkyl halides is 3. The zero-order chi connectivity index (χ0) is 34.0. The van der Waals surface area contributed by atoms with Gasteiger partial charge in [-0.2, -0.15) is 18.3 Å².